The second kappa shape index (κ2) is 8.81. The van der Waals surface area contributed by atoms with Crippen LogP contribution in [-0.4, -0.2) is 17.2 Å². The summed E-state index contributed by atoms with van der Waals surface area (Å²) in [5, 5.41) is 10.8. The van der Waals surface area contributed by atoms with Crippen LogP contribution in [0.25, 0.3) is 0 Å². The zero-order valence-electron chi connectivity index (χ0n) is 15.4. The highest BCUT2D eigenvalue weighted by Gasteiger charge is 2.39. The van der Waals surface area contributed by atoms with E-state index in [0.29, 0.717) is 6.42 Å². The van der Waals surface area contributed by atoms with Gasteiger partial charge >= 0.3 is 5.97 Å². The summed E-state index contributed by atoms with van der Waals surface area (Å²) in [5.41, 5.74) is -0.868. The van der Waals surface area contributed by atoms with Gasteiger partial charge in [0.25, 0.3) is 0 Å². The van der Waals surface area contributed by atoms with Gasteiger partial charge < -0.3 is 14.6 Å². The predicted octanol–water partition coefficient (Wildman–Crippen LogP) is 4.34. The van der Waals surface area contributed by atoms with Crippen LogP contribution in [0.1, 0.15) is 44.7 Å². The molecular weight excluding hydrogens is 335 g/mol. The third-order valence-corrected chi connectivity index (χ3v) is 4.33. The van der Waals surface area contributed by atoms with Crippen molar-refractivity contribution in [3.8, 4) is 5.75 Å². The standard InChI is InChI=1S/C21H25FO4/c1-4-15(3)26-20(23)21(24,5-2)17-11-18(22)13-19(12-17)25-14-16-9-7-6-8-10-16/h6-13,15,24H,4-5,14H2,1-3H3. The number of halogens is 1. The van der Waals surface area contributed by atoms with Gasteiger partial charge in [0.1, 0.15) is 18.2 Å². The largest absolute Gasteiger partial charge is 0.489 e. The zero-order chi connectivity index (χ0) is 19.2. The van der Waals surface area contributed by atoms with Crippen molar-refractivity contribution in [1.82, 2.24) is 0 Å². The van der Waals surface area contributed by atoms with E-state index in [1.54, 1.807) is 13.8 Å². The van der Waals surface area contributed by atoms with Crippen LogP contribution >= 0.6 is 0 Å². The molecule has 0 fully saturated rings. The van der Waals surface area contributed by atoms with Crippen LogP contribution in [0.15, 0.2) is 48.5 Å². The monoisotopic (exact) mass is 360 g/mol. The molecule has 140 valence electrons. The summed E-state index contributed by atoms with van der Waals surface area (Å²) in [4.78, 5) is 12.4. The van der Waals surface area contributed by atoms with E-state index >= 15 is 0 Å². The fraction of sp³-hybridized carbons (Fsp3) is 0.381. The normalized spacial score (nSPS) is 14.3. The molecule has 1 N–H and O–H groups in total. The quantitative estimate of drug-likeness (QED) is 0.712. The molecule has 2 aromatic rings. The fourth-order valence-corrected chi connectivity index (χ4v) is 2.46. The molecule has 26 heavy (non-hydrogen) atoms. The minimum Gasteiger partial charge on any atom is -0.489 e. The van der Waals surface area contributed by atoms with Crippen molar-refractivity contribution in [1.29, 1.82) is 0 Å². The fourth-order valence-electron chi connectivity index (χ4n) is 2.46. The molecule has 0 heterocycles. The molecule has 5 heteroatoms. The lowest BCUT2D eigenvalue weighted by Crippen LogP contribution is -2.38. The highest BCUT2D eigenvalue weighted by atomic mass is 19.1. The SMILES string of the molecule is CCC(C)OC(=O)C(O)(CC)c1cc(F)cc(OCc2ccccc2)c1. The number of carbonyl (C=O) groups excluding carboxylic acids is 1. The van der Waals surface area contributed by atoms with E-state index in [0.717, 1.165) is 11.6 Å². The van der Waals surface area contributed by atoms with Crippen molar-refractivity contribution < 1.29 is 23.8 Å². The number of rotatable bonds is 8. The second-order valence-electron chi connectivity index (χ2n) is 6.29. The third kappa shape index (κ3) is 4.82. The molecule has 2 atom stereocenters. The van der Waals surface area contributed by atoms with Gasteiger partial charge in [-0.25, -0.2) is 9.18 Å². The van der Waals surface area contributed by atoms with E-state index in [9.17, 15) is 14.3 Å². The van der Waals surface area contributed by atoms with Crippen LogP contribution in [0.2, 0.25) is 0 Å². The number of benzene rings is 2. The first-order chi connectivity index (χ1) is 12.4. The molecule has 0 radical (unpaired) electrons. The minimum absolute atomic E-state index is 0.0594. The van der Waals surface area contributed by atoms with Crippen molar-refractivity contribution in [2.24, 2.45) is 0 Å². The Bertz CT molecular complexity index is 732. The van der Waals surface area contributed by atoms with Crippen LogP contribution in [0.4, 0.5) is 4.39 Å². The molecular formula is C21H25FO4. The molecule has 4 nitrogen and oxygen atoms in total. The highest BCUT2D eigenvalue weighted by Crippen LogP contribution is 2.31. The number of hydrogen-bond donors (Lipinski definition) is 1. The summed E-state index contributed by atoms with van der Waals surface area (Å²) in [6.45, 7) is 5.52. The van der Waals surface area contributed by atoms with Crippen molar-refractivity contribution in [3.63, 3.8) is 0 Å². The number of aliphatic hydroxyl groups is 1. The summed E-state index contributed by atoms with van der Waals surface area (Å²) >= 11 is 0. The Kier molecular flexibility index (Phi) is 6.75. The van der Waals surface area contributed by atoms with Gasteiger partial charge in [-0.3, -0.25) is 0 Å². The molecule has 0 aliphatic carbocycles. The number of hydrogen-bond acceptors (Lipinski definition) is 4. The predicted molar refractivity (Wildman–Crippen MR) is 97.2 cm³/mol. The first kappa shape index (κ1) is 19.9. The Morgan fingerprint density at radius 2 is 1.88 bits per heavy atom. The Morgan fingerprint density at radius 1 is 1.19 bits per heavy atom. The van der Waals surface area contributed by atoms with E-state index < -0.39 is 17.4 Å². The molecule has 2 rings (SSSR count). The topological polar surface area (TPSA) is 55.8 Å². The summed E-state index contributed by atoms with van der Waals surface area (Å²) in [6.07, 6.45) is 0.354. The second-order valence-corrected chi connectivity index (χ2v) is 6.29. The van der Waals surface area contributed by atoms with Gasteiger partial charge in [-0.2, -0.15) is 0 Å². The number of esters is 1. The average molecular weight is 360 g/mol. The van der Waals surface area contributed by atoms with Gasteiger partial charge in [0, 0.05) is 11.6 Å². The maximum Gasteiger partial charge on any atom is 0.343 e. The zero-order valence-corrected chi connectivity index (χ0v) is 15.4. The van der Waals surface area contributed by atoms with Gasteiger partial charge in [-0.1, -0.05) is 44.2 Å². The van der Waals surface area contributed by atoms with Crippen LogP contribution < -0.4 is 4.74 Å². The number of ether oxygens (including phenoxy) is 2. The third-order valence-electron chi connectivity index (χ3n) is 4.33. The Hall–Kier alpha value is -2.40. The van der Waals surface area contributed by atoms with Crippen molar-refractivity contribution in [2.45, 2.75) is 51.9 Å². The first-order valence-corrected chi connectivity index (χ1v) is 8.80. The molecule has 2 aromatic carbocycles. The van der Waals surface area contributed by atoms with Crippen LogP contribution in [0, 0.1) is 5.82 Å². The van der Waals surface area contributed by atoms with Gasteiger partial charge in [-0.15, -0.1) is 0 Å². The van der Waals surface area contributed by atoms with E-state index in [-0.39, 0.29) is 30.4 Å². The summed E-state index contributed by atoms with van der Waals surface area (Å²) in [6, 6.07) is 13.3. The lowest BCUT2D eigenvalue weighted by atomic mass is 9.91. The molecule has 0 aliphatic rings. The van der Waals surface area contributed by atoms with Crippen molar-refractivity contribution in [2.75, 3.05) is 0 Å². The summed E-state index contributed by atoms with van der Waals surface area (Å²) in [5.74, 6) is -1.13. The van der Waals surface area contributed by atoms with Gasteiger partial charge in [0.2, 0.25) is 0 Å². The molecule has 0 bridgehead atoms. The van der Waals surface area contributed by atoms with Crippen molar-refractivity contribution >= 4 is 5.97 Å². The first-order valence-electron chi connectivity index (χ1n) is 8.80. The van der Waals surface area contributed by atoms with Crippen LogP contribution in [-0.2, 0) is 21.7 Å². The highest BCUT2D eigenvalue weighted by molar-refractivity contribution is 5.81. The van der Waals surface area contributed by atoms with Gasteiger partial charge in [-0.05, 0) is 37.5 Å². The molecule has 0 amide bonds. The van der Waals surface area contributed by atoms with Gasteiger partial charge in [0.15, 0.2) is 5.60 Å². The van der Waals surface area contributed by atoms with E-state index in [1.807, 2.05) is 37.3 Å². The summed E-state index contributed by atoms with van der Waals surface area (Å²) < 4.78 is 25.0. The van der Waals surface area contributed by atoms with Crippen molar-refractivity contribution in [3.05, 3.63) is 65.5 Å². The maximum absolute atomic E-state index is 14.1. The maximum atomic E-state index is 14.1. The molecule has 0 aromatic heterocycles. The Morgan fingerprint density at radius 3 is 2.50 bits per heavy atom. The Balaban J connectivity index is 2.24. The lowest BCUT2D eigenvalue weighted by Gasteiger charge is -2.27. The molecule has 2 unspecified atom stereocenters. The smallest absolute Gasteiger partial charge is 0.343 e. The Labute approximate surface area is 153 Å². The van der Waals surface area contributed by atoms with E-state index in [4.69, 9.17) is 9.47 Å². The molecule has 0 saturated heterocycles. The van der Waals surface area contributed by atoms with Crippen LogP contribution in [0.5, 0.6) is 5.75 Å². The molecule has 0 spiro atoms. The lowest BCUT2D eigenvalue weighted by molar-refractivity contribution is -0.172. The minimum atomic E-state index is -1.92. The van der Waals surface area contributed by atoms with Gasteiger partial charge in [0.05, 0.1) is 6.10 Å². The summed E-state index contributed by atoms with van der Waals surface area (Å²) in [7, 11) is 0. The average Bonchev–Trinajstić information content (AvgIpc) is 2.65. The van der Waals surface area contributed by atoms with E-state index in [2.05, 4.69) is 0 Å². The molecule has 0 aliphatic heterocycles. The van der Waals surface area contributed by atoms with E-state index in [1.165, 1.54) is 12.1 Å². The van der Waals surface area contributed by atoms with Crippen LogP contribution in [0.3, 0.4) is 0 Å². The molecule has 0 saturated carbocycles. The number of carbonyl (C=O) groups is 1.